The summed E-state index contributed by atoms with van der Waals surface area (Å²) in [6.45, 7) is 6.51. The van der Waals surface area contributed by atoms with E-state index >= 15 is 0 Å². The molecule has 4 aromatic carbocycles. The minimum absolute atomic E-state index is 0.115. The van der Waals surface area contributed by atoms with Gasteiger partial charge in [0.05, 0.1) is 6.10 Å². The highest BCUT2D eigenvalue weighted by Gasteiger charge is 2.54. The van der Waals surface area contributed by atoms with E-state index in [1.807, 2.05) is 60.7 Å². The smallest absolute Gasteiger partial charge is 0.410 e. The van der Waals surface area contributed by atoms with Gasteiger partial charge in [-0.2, -0.15) is 0 Å². The molecule has 10 nitrogen and oxygen atoms in total. The third kappa shape index (κ3) is 6.93. The van der Waals surface area contributed by atoms with Gasteiger partial charge in [-0.3, -0.25) is 19.3 Å². The van der Waals surface area contributed by atoms with E-state index in [2.05, 4.69) is 74.6 Å². The highest BCUT2D eigenvalue weighted by atomic mass is 28.4. The van der Waals surface area contributed by atoms with Crippen molar-refractivity contribution in [3.63, 3.8) is 0 Å². The highest BCUT2D eigenvalue weighted by molar-refractivity contribution is 6.99. The van der Waals surface area contributed by atoms with Gasteiger partial charge in [0.15, 0.2) is 0 Å². The van der Waals surface area contributed by atoms with Crippen LogP contribution in [0.15, 0.2) is 109 Å². The fourth-order valence-electron chi connectivity index (χ4n) is 8.71. The molecular weight excluding hydrogens is 699 g/mol. The van der Waals surface area contributed by atoms with Crippen LogP contribution in [-0.2, 0) is 23.5 Å². The topological polar surface area (TPSA) is 125 Å². The SMILES string of the molecule is CC(C)(C)[Si](O[C@@H]1C[C@@H](C(=O)NCC(=O)O)N(C(=O)[C@@H]2CCCN2C(=O)OCC2c3ccccc3-c3ccccc32)C1)(c1ccccc1)c1ccccc1. The Morgan fingerprint density at radius 1 is 0.778 bits per heavy atom. The van der Waals surface area contributed by atoms with Crippen LogP contribution in [0.1, 0.15) is 57.1 Å². The molecule has 2 fully saturated rings. The molecule has 0 spiro atoms. The third-order valence-corrected chi connectivity index (χ3v) is 16.2. The number of hydrogen-bond donors (Lipinski definition) is 2. The van der Waals surface area contributed by atoms with Crippen molar-refractivity contribution < 1.29 is 33.4 Å². The number of rotatable bonds is 10. The summed E-state index contributed by atoms with van der Waals surface area (Å²) in [4.78, 5) is 56.5. The fraction of sp³-hybridized carbons (Fsp3) is 0.349. The van der Waals surface area contributed by atoms with Gasteiger partial charge >= 0.3 is 12.1 Å². The van der Waals surface area contributed by atoms with Crippen LogP contribution in [-0.4, -0.2) is 91.5 Å². The molecule has 3 atom stereocenters. The number of likely N-dealkylation sites (tertiary alicyclic amines) is 2. The Morgan fingerprint density at radius 3 is 1.89 bits per heavy atom. The lowest BCUT2D eigenvalue weighted by molar-refractivity contribution is -0.142. The number of ether oxygens (including phenoxy) is 1. The van der Waals surface area contributed by atoms with Crippen molar-refractivity contribution in [3.05, 3.63) is 120 Å². The summed E-state index contributed by atoms with van der Waals surface area (Å²) in [5.41, 5.74) is 4.44. The minimum atomic E-state index is -3.06. The van der Waals surface area contributed by atoms with E-state index in [1.54, 1.807) is 0 Å². The van der Waals surface area contributed by atoms with Crippen molar-refractivity contribution in [3.8, 4) is 11.1 Å². The van der Waals surface area contributed by atoms with Crippen LogP contribution in [0.2, 0.25) is 5.04 Å². The van der Waals surface area contributed by atoms with Gasteiger partial charge in [0.2, 0.25) is 11.8 Å². The van der Waals surface area contributed by atoms with Crippen LogP contribution in [0.4, 0.5) is 4.79 Å². The van der Waals surface area contributed by atoms with Gasteiger partial charge in [-0.25, -0.2) is 4.79 Å². The molecule has 1 aliphatic carbocycles. The van der Waals surface area contributed by atoms with E-state index < -0.39 is 51.0 Å². The van der Waals surface area contributed by atoms with Crippen molar-refractivity contribution in [2.45, 2.75) is 69.2 Å². The maximum absolute atomic E-state index is 14.6. The van der Waals surface area contributed by atoms with Crippen LogP contribution in [0.5, 0.6) is 0 Å². The van der Waals surface area contributed by atoms with E-state index in [-0.39, 0.29) is 36.4 Å². The number of hydrogen-bond acceptors (Lipinski definition) is 6. The summed E-state index contributed by atoms with van der Waals surface area (Å²) in [6.07, 6.45) is 0.0959. The zero-order chi connectivity index (χ0) is 38.0. The number of amides is 3. The Balaban J connectivity index is 1.14. The average molecular weight is 746 g/mol. The predicted octanol–water partition coefficient (Wildman–Crippen LogP) is 5.15. The summed E-state index contributed by atoms with van der Waals surface area (Å²) < 4.78 is 13.3. The lowest BCUT2D eigenvalue weighted by Gasteiger charge is -2.44. The summed E-state index contributed by atoms with van der Waals surface area (Å²) in [7, 11) is -3.06. The van der Waals surface area contributed by atoms with Gasteiger partial charge in [0, 0.05) is 25.4 Å². The Bertz CT molecular complexity index is 1930. The molecule has 3 amide bonds. The van der Waals surface area contributed by atoms with E-state index in [1.165, 1.54) is 9.80 Å². The molecule has 2 heterocycles. The number of carbonyl (C=O) groups excluding carboxylic acids is 3. The normalized spacial score (nSPS) is 19.6. The predicted molar refractivity (Wildman–Crippen MR) is 208 cm³/mol. The first kappa shape index (κ1) is 37.1. The molecule has 4 aromatic rings. The largest absolute Gasteiger partial charge is 0.480 e. The van der Waals surface area contributed by atoms with Crippen LogP contribution in [0, 0.1) is 0 Å². The van der Waals surface area contributed by atoms with Crippen molar-refractivity contribution in [2.75, 3.05) is 26.2 Å². The molecule has 2 aliphatic heterocycles. The molecule has 0 saturated carbocycles. The number of carbonyl (C=O) groups is 4. The lowest BCUT2D eigenvalue weighted by Crippen LogP contribution is -2.67. The van der Waals surface area contributed by atoms with Crippen molar-refractivity contribution in [1.82, 2.24) is 15.1 Å². The zero-order valence-corrected chi connectivity index (χ0v) is 31.9. The summed E-state index contributed by atoms with van der Waals surface area (Å²) in [6, 6.07) is 34.7. The summed E-state index contributed by atoms with van der Waals surface area (Å²) in [5.74, 6) is -2.25. The van der Waals surface area contributed by atoms with Gasteiger partial charge in [0.25, 0.3) is 8.32 Å². The first-order valence-electron chi connectivity index (χ1n) is 18.7. The molecule has 3 aliphatic rings. The zero-order valence-electron chi connectivity index (χ0n) is 30.9. The Morgan fingerprint density at radius 2 is 1.33 bits per heavy atom. The van der Waals surface area contributed by atoms with E-state index in [0.717, 1.165) is 32.6 Å². The van der Waals surface area contributed by atoms with Crippen molar-refractivity contribution in [2.24, 2.45) is 0 Å². The molecule has 54 heavy (non-hydrogen) atoms. The molecule has 0 unspecified atom stereocenters. The molecule has 7 rings (SSSR count). The van der Waals surface area contributed by atoms with Crippen molar-refractivity contribution in [1.29, 1.82) is 0 Å². The van der Waals surface area contributed by atoms with E-state index in [9.17, 15) is 24.3 Å². The Hall–Kier alpha value is -5.26. The molecule has 2 N–H and O–H groups in total. The Labute approximate surface area is 317 Å². The second-order valence-electron chi connectivity index (χ2n) is 15.4. The van der Waals surface area contributed by atoms with Gasteiger partial charge in [-0.15, -0.1) is 0 Å². The van der Waals surface area contributed by atoms with Gasteiger partial charge in [-0.05, 0) is 50.5 Å². The number of nitrogens with zero attached hydrogens (tertiary/aromatic N) is 2. The minimum Gasteiger partial charge on any atom is -0.480 e. The Kier molecular flexibility index (Phi) is 10.5. The maximum atomic E-state index is 14.6. The fourth-order valence-corrected chi connectivity index (χ4v) is 13.4. The quantitative estimate of drug-likeness (QED) is 0.215. The summed E-state index contributed by atoms with van der Waals surface area (Å²) >= 11 is 0. The molecule has 0 aromatic heterocycles. The van der Waals surface area contributed by atoms with Gasteiger partial charge in [0.1, 0.15) is 25.2 Å². The van der Waals surface area contributed by atoms with Crippen molar-refractivity contribution >= 4 is 42.6 Å². The number of fused-ring (bicyclic) bond motifs is 3. The molecule has 0 radical (unpaired) electrons. The standard InChI is InChI=1S/C43H47N3O7Si/c1-43(2,3)54(30-15-6-4-7-16-30,31-17-8-5-9-18-31)53-29-25-38(40(49)44-26-39(47)48)46(27-29)41(50)37-23-14-24-45(37)42(51)52-28-36-34-21-12-10-19-32(34)33-20-11-13-22-35(33)36/h4-13,15-22,29,36-38H,14,23-28H2,1-3H3,(H,44,49)(H,47,48)/t29-,37+,38+/m1/s1. The third-order valence-electron chi connectivity index (χ3n) is 11.1. The van der Waals surface area contributed by atoms with Gasteiger partial charge < -0.3 is 24.5 Å². The van der Waals surface area contributed by atoms with E-state index in [0.29, 0.717) is 19.4 Å². The molecule has 0 bridgehead atoms. The number of carboxylic acid groups (broad SMARTS) is 1. The molecular formula is C43H47N3O7Si. The first-order valence-corrected chi connectivity index (χ1v) is 20.6. The van der Waals surface area contributed by atoms with Gasteiger partial charge in [-0.1, -0.05) is 130 Å². The lowest BCUT2D eigenvalue weighted by atomic mass is 9.98. The van der Waals surface area contributed by atoms with Crippen LogP contribution < -0.4 is 15.7 Å². The maximum Gasteiger partial charge on any atom is 0.410 e. The molecule has 280 valence electrons. The number of benzene rings is 4. The second kappa shape index (κ2) is 15.2. The second-order valence-corrected chi connectivity index (χ2v) is 19.7. The van der Waals surface area contributed by atoms with E-state index in [4.69, 9.17) is 9.16 Å². The van der Waals surface area contributed by atoms with Crippen LogP contribution in [0.3, 0.4) is 0 Å². The first-order chi connectivity index (χ1) is 26.0. The molecule has 11 heteroatoms. The monoisotopic (exact) mass is 745 g/mol. The number of carboxylic acids is 1. The van der Waals surface area contributed by atoms with Crippen LogP contribution in [0.25, 0.3) is 11.1 Å². The highest BCUT2D eigenvalue weighted by Crippen LogP contribution is 2.45. The molecule has 2 saturated heterocycles. The number of nitrogens with one attached hydrogen (secondary N) is 1. The average Bonchev–Trinajstić information content (AvgIpc) is 3.92. The number of aliphatic carboxylic acids is 1. The van der Waals surface area contributed by atoms with Crippen LogP contribution >= 0.6 is 0 Å². The summed E-state index contributed by atoms with van der Waals surface area (Å²) in [5, 5.41) is 13.6.